The van der Waals surface area contributed by atoms with Gasteiger partial charge in [-0.15, -0.1) is 0 Å². The molecule has 3 aromatic rings. The van der Waals surface area contributed by atoms with Crippen LogP contribution in [-0.2, 0) is 13.2 Å². The van der Waals surface area contributed by atoms with Crippen LogP contribution in [0.3, 0.4) is 0 Å². The van der Waals surface area contributed by atoms with Gasteiger partial charge in [-0.05, 0) is 18.9 Å². The maximum absolute atomic E-state index is 13.4. The average molecular weight is 308 g/mol. The number of hydrogen-bond acceptors (Lipinski definition) is 4. The van der Waals surface area contributed by atoms with E-state index in [0.717, 1.165) is 18.9 Å². The summed E-state index contributed by atoms with van der Waals surface area (Å²) in [5.41, 5.74) is 0.216. The van der Waals surface area contributed by atoms with Gasteiger partial charge in [0.1, 0.15) is 0 Å². The molecule has 0 aliphatic heterocycles. The molecule has 0 amide bonds. The molecular weight excluding hydrogens is 297 g/mol. The second kappa shape index (κ2) is 4.31. The van der Waals surface area contributed by atoms with Crippen molar-refractivity contribution in [3.05, 3.63) is 29.7 Å². The maximum atomic E-state index is 13.4. The zero-order valence-electron chi connectivity index (χ0n) is 11.6. The first-order valence-corrected chi connectivity index (χ1v) is 6.80. The van der Waals surface area contributed by atoms with Crippen LogP contribution in [0.4, 0.5) is 13.2 Å². The first kappa shape index (κ1) is 13.3. The zero-order chi connectivity index (χ0) is 15.5. The number of aromatic nitrogens is 4. The van der Waals surface area contributed by atoms with Gasteiger partial charge in [0, 0.05) is 24.7 Å². The Bertz CT molecular complexity index is 861. The third-order valence-electron chi connectivity index (χ3n) is 3.74. The maximum Gasteiger partial charge on any atom is 0.417 e. The van der Waals surface area contributed by atoms with Gasteiger partial charge in [0.2, 0.25) is 0 Å². The lowest BCUT2D eigenvalue weighted by molar-refractivity contribution is -0.136. The normalized spacial score (nSPS) is 15.6. The van der Waals surface area contributed by atoms with E-state index in [0.29, 0.717) is 11.3 Å². The van der Waals surface area contributed by atoms with Gasteiger partial charge in [-0.3, -0.25) is 4.68 Å². The highest BCUT2D eigenvalue weighted by molar-refractivity contribution is 5.84. The van der Waals surface area contributed by atoms with E-state index in [9.17, 15) is 13.2 Å². The van der Waals surface area contributed by atoms with Gasteiger partial charge in [0.15, 0.2) is 0 Å². The fraction of sp³-hybridized carbons (Fsp3) is 0.357. The van der Waals surface area contributed by atoms with Crippen molar-refractivity contribution in [1.82, 2.24) is 19.9 Å². The summed E-state index contributed by atoms with van der Waals surface area (Å²) in [7, 11) is 1.69. The molecule has 0 atom stereocenters. The summed E-state index contributed by atoms with van der Waals surface area (Å²) in [6.45, 7) is 0. The van der Waals surface area contributed by atoms with E-state index >= 15 is 0 Å². The molecule has 1 saturated carbocycles. The number of fused-ring (bicyclic) bond motifs is 1. The Balaban J connectivity index is 1.98. The fourth-order valence-corrected chi connectivity index (χ4v) is 2.53. The minimum Gasteiger partial charge on any atom is -0.335 e. The highest BCUT2D eigenvalue weighted by Gasteiger charge is 2.39. The van der Waals surface area contributed by atoms with Crippen LogP contribution in [0.15, 0.2) is 23.0 Å². The van der Waals surface area contributed by atoms with Crippen LogP contribution in [0.2, 0.25) is 0 Å². The molecule has 0 N–H and O–H groups in total. The molecule has 3 heterocycles. The molecule has 0 unspecified atom stereocenters. The van der Waals surface area contributed by atoms with Crippen LogP contribution in [0, 0.1) is 0 Å². The van der Waals surface area contributed by atoms with Crippen molar-refractivity contribution in [2.24, 2.45) is 7.05 Å². The first-order valence-electron chi connectivity index (χ1n) is 6.80. The molecule has 22 heavy (non-hydrogen) atoms. The number of rotatable bonds is 2. The Hall–Kier alpha value is -2.38. The summed E-state index contributed by atoms with van der Waals surface area (Å²) in [5.74, 6) is 0.0494. The number of hydrogen-bond donors (Lipinski definition) is 0. The van der Waals surface area contributed by atoms with E-state index in [-0.39, 0.29) is 22.7 Å². The third kappa shape index (κ3) is 2.06. The monoisotopic (exact) mass is 308 g/mol. The molecule has 1 aliphatic rings. The molecule has 8 heteroatoms. The van der Waals surface area contributed by atoms with Crippen LogP contribution in [0.1, 0.15) is 30.0 Å². The Morgan fingerprint density at radius 1 is 1.32 bits per heavy atom. The number of nitrogens with zero attached hydrogens (tertiary/aromatic N) is 4. The topological polar surface area (TPSA) is 56.7 Å². The number of pyridine rings is 1. The van der Waals surface area contributed by atoms with Crippen molar-refractivity contribution >= 4 is 11.1 Å². The smallest absolute Gasteiger partial charge is 0.335 e. The highest BCUT2D eigenvalue weighted by atomic mass is 19.4. The van der Waals surface area contributed by atoms with Crippen LogP contribution in [0.5, 0.6) is 0 Å². The van der Waals surface area contributed by atoms with Crippen molar-refractivity contribution in [3.8, 4) is 11.3 Å². The third-order valence-corrected chi connectivity index (χ3v) is 3.74. The van der Waals surface area contributed by atoms with Crippen molar-refractivity contribution in [2.45, 2.75) is 24.9 Å². The summed E-state index contributed by atoms with van der Waals surface area (Å²) >= 11 is 0. The second-order valence-electron chi connectivity index (χ2n) is 5.48. The van der Waals surface area contributed by atoms with E-state index in [1.807, 2.05) is 0 Å². The summed E-state index contributed by atoms with van der Waals surface area (Å²) in [4.78, 5) is 4.18. The van der Waals surface area contributed by atoms with Crippen molar-refractivity contribution in [2.75, 3.05) is 0 Å². The lowest BCUT2D eigenvalue weighted by Gasteiger charge is -2.09. The van der Waals surface area contributed by atoms with Crippen molar-refractivity contribution < 1.29 is 17.7 Å². The van der Waals surface area contributed by atoms with E-state index in [1.54, 1.807) is 13.2 Å². The fourth-order valence-electron chi connectivity index (χ4n) is 2.53. The van der Waals surface area contributed by atoms with Crippen LogP contribution >= 0.6 is 0 Å². The van der Waals surface area contributed by atoms with Gasteiger partial charge in [0.25, 0.3) is 5.71 Å². The standard InChI is InChI=1S/C14H11F3N4O/c1-21-6-8(5-18-21)10-4-9(14(15,16)17)11-12(7-2-3-7)20-22-13(11)19-10/h4-7H,2-3H2,1H3. The Morgan fingerprint density at radius 2 is 2.09 bits per heavy atom. The van der Waals surface area contributed by atoms with Crippen molar-refractivity contribution in [3.63, 3.8) is 0 Å². The molecular formula is C14H11F3N4O. The minimum atomic E-state index is -4.49. The van der Waals surface area contributed by atoms with Crippen LogP contribution in [0.25, 0.3) is 22.4 Å². The predicted molar refractivity (Wildman–Crippen MR) is 71.0 cm³/mol. The Morgan fingerprint density at radius 3 is 2.68 bits per heavy atom. The molecule has 114 valence electrons. The van der Waals surface area contributed by atoms with E-state index in [1.165, 1.54) is 10.9 Å². The van der Waals surface area contributed by atoms with Gasteiger partial charge < -0.3 is 4.52 Å². The van der Waals surface area contributed by atoms with Crippen LogP contribution < -0.4 is 0 Å². The lowest BCUT2D eigenvalue weighted by atomic mass is 10.1. The number of aryl methyl sites for hydroxylation is 1. The van der Waals surface area contributed by atoms with Gasteiger partial charge in [-0.1, -0.05) is 5.16 Å². The molecule has 0 spiro atoms. The number of alkyl halides is 3. The van der Waals surface area contributed by atoms with Crippen LogP contribution in [-0.4, -0.2) is 19.9 Å². The zero-order valence-corrected chi connectivity index (χ0v) is 11.6. The largest absolute Gasteiger partial charge is 0.417 e. The quantitative estimate of drug-likeness (QED) is 0.727. The average Bonchev–Trinajstić information content (AvgIpc) is 3.05. The Labute approximate surface area is 122 Å². The van der Waals surface area contributed by atoms with Gasteiger partial charge >= 0.3 is 6.18 Å². The molecule has 5 nitrogen and oxygen atoms in total. The summed E-state index contributed by atoms with van der Waals surface area (Å²) in [5, 5.41) is 7.76. The van der Waals surface area contributed by atoms with Gasteiger partial charge in [-0.2, -0.15) is 18.3 Å². The Kier molecular flexibility index (Phi) is 2.60. The highest BCUT2D eigenvalue weighted by Crippen LogP contribution is 2.46. The van der Waals surface area contributed by atoms with Gasteiger partial charge in [-0.25, -0.2) is 4.98 Å². The first-order chi connectivity index (χ1) is 10.4. The lowest BCUT2D eigenvalue weighted by Crippen LogP contribution is -2.07. The SMILES string of the molecule is Cn1cc(-c2cc(C(F)(F)F)c3c(C4CC4)noc3n2)cn1. The molecule has 1 fully saturated rings. The molecule has 0 aromatic carbocycles. The molecule has 0 bridgehead atoms. The molecule has 0 saturated heterocycles. The summed E-state index contributed by atoms with van der Waals surface area (Å²) in [6, 6.07) is 1.04. The van der Waals surface area contributed by atoms with E-state index in [4.69, 9.17) is 4.52 Å². The van der Waals surface area contributed by atoms with Gasteiger partial charge in [0.05, 0.1) is 28.5 Å². The molecule has 0 radical (unpaired) electrons. The second-order valence-corrected chi connectivity index (χ2v) is 5.48. The van der Waals surface area contributed by atoms with E-state index in [2.05, 4.69) is 15.2 Å². The van der Waals surface area contributed by atoms with E-state index < -0.39 is 11.7 Å². The summed E-state index contributed by atoms with van der Waals surface area (Å²) < 4.78 is 46.9. The molecule has 3 aromatic heterocycles. The summed E-state index contributed by atoms with van der Waals surface area (Å²) in [6.07, 6.45) is 0.249. The number of halogens is 3. The molecule has 4 rings (SSSR count). The molecule has 1 aliphatic carbocycles. The predicted octanol–water partition coefficient (Wildman–Crippen LogP) is 3.52. The van der Waals surface area contributed by atoms with Crippen molar-refractivity contribution in [1.29, 1.82) is 0 Å². The minimum absolute atomic E-state index is 0.0114.